The summed E-state index contributed by atoms with van der Waals surface area (Å²) in [4.78, 5) is 11.6. The number of halogens is 1. The number of hydrogen-bond acceptors (Lipinski definition) is 3. The smallest absolute Gasteiger partial charge is 0.280 e. The predicted octanol–water partition coefficient (Wildman–Crippen LogP) is 2.50. The predicted molar refractivity (Wildman–Crippen MR) is 87.8 cm³/mol. The molecule has 0 radical (unpaired) electrons. The van der Waals surface area contributed by atoms with E-state index in [1.54, 1.807) is 12.1 Å². The first-order valence-electron chi connectivity index (χ1n) is 7.33. The van der Waals surface area contributed by atoms with Crippen LogP contribution < -0.4 is 10.0 Å². The van der Waals surface area contributed by atoms with E-state index in [0.29, 0.717) is 17.7 Å². The second-order valence-corrected chi connectivity index (χ2v) is 7.65. The van der Waals surface area contributed by atoms with E-state index in [1.807, 2.05) is 13.8 Å². The summed E-state index contributed by atoms with van der Waals surface area (Å²) in [5, 5.41) is 2.44. The maximum absolute atomic E-state index is 13.4. The Bertz CT molecular complexity index is 676. The van der Waals surface area contributed by atoms with Crippen molar-refractivity contribution in [3.05, 3.63) is 41.2 Å². The highest BCUT2D eigenvalue weighted by atomic mass is 32.2. The minimum atomic E-state index is -3.53. The highest BCUT2D eigenvalue weighted by molar-refractivity contribution is 7.89. The van der Waals surface area contributed by atoms with Gasteiger partial charge in [0.1, 0.15) is 0 Å². The van der Waals surface area contributed by atoms with E-state index in [9.17, 15) is 17.6 Å². The third kappa shape index (κ3) is 6.11. The molecule has 1 rings (SSSR count). The van der Waals surface area contributed by atoms with Crippen LogP contribution in [0.4, 0.5) is 4.39 Å². The van der Waals surface area contributed by atoms with Gasteiger partial charge in [-0.2, -0.15) is 0 Å². The van der Waals surface area contributed by atoms with E-state index < -0.39 is 21.8 Å². The molecular formula is C16H23FN2O3S. The van der Waals surface area contributed by atoms with Gasteiger partial charge in [-0.1, -0.05) is 26.0 Å². The second-order valence-electron chi connectivity index (χ2n) is 5.89. The Morgan fingerprint density at radius 3 is 2.22 bits per heavy atom. The number of hydrogen-bond donors (Lipinski definition) is 2. The molecule has 2 N–H and O–H groups in total. The molecule has 0 aliphatic carbocycles. The summed E-state index contributed by atoms with van der Waals surface area (Å²) in [6.07, 6.45) is 0. The van der Waals surface area contributed by atoms with E-state index >= 15 is 0 Å². The lowest BCUT2D eigenvalue weighted by molar-refractivity contribution is -0.119. The van der Waals surface area contributed by atoms with Crippen molar-refractivity contribution in [2.75, 3.05) is 6.54 Å². The number of carbonyl (C=O) groups excluding carboxylic acids is 1. The first-order valence-corrected chi connectivity index (χ1v) is 8.81. The zero-order chi connectivity index (χ0) is 17.6. The van der Waals surface area contributed by atoms with Gasteiger partial charge < -0.3 is 5.32 Å². The molecule has 0 saturated heterocycles. The van der Waals surface area contributed by atoms with Gasteiger partial charge in [-0.15, -0.1) is 0 Å². The van der Waals surface area contributed by atoms with Gasteiger partial charge in [-0.3, -0.25) is 4.79 Å². The average Bonchev–Trinajstić information content (AvgIpc) is 2.50. The van der Waals surface area contributed by atoms with Crippen LogP contribution in [0.1, 0.15) is 33.3 Å². The van der Waals surface area contributed by atoms with Gasteiger partial charge in [0.05, 0.1) is 4.90 Å². The molecule has 0 aromatic heterocycles. The molecule has 0 aliphatic rings. The van der Waals surface area contributed by atoms with Gasteiger partial charge in [-0.25, -0.2) is 17.5 Å². The van der Waals surface area contributed by atoms with Crippen molar-refractivity contribution in [3.63, 3.8) is 0 Å². The number of sulfonamides is 1. The third-order valence-corrected chi connectivity index (χ3v) is 4.45. The molecule has 0 saturated carbocycles. The van der Waals surface area contributed by atoms with Crippen LogP contribution in [-0.4, -0.2) is 20.9 Å². The van der Waals surface area contributed by atoms with E-state index in [1.165, 1.54) is 26.0 Å². The summed E-state index contributed by atoms with van der Waals surface area (Å²) in [6.45, 7) is 7.35. The first-order chi connectivity index (χ1) is 10.6. The van der Waals surface area contributed by atoms with Gasteiger partial charge in [0.25, 0.3) is 5.91 Å². The summed E-state index contributed by atoms with van der Waals surface area (Å²) < 4.78 is 40.0. The minimum Gasteiger partial charge on any atom is -0.346 e. The second kappa shape index (κ2) is 8.21. The van der Waals surface area contributed by atoms with Gasteiger partial charge in [0.2, 0.25) is 10.0 Å². The van der Waals surface area contributed by atoms with Crippen LogP contribution in [0.5, 0.6) is 0 Å². The van der Waals surface area contributed by atoms with Crippen LogP contribution in [0.2, 0.25) is 0 Å². The van der Waals surface area contributed by atoms with E-state index in [2.05, 4.69) is 10.0 Å². The fourth-order valence-corrected chi connectivity index (χ4v) is 2.85. The molecule has 128 valence electrons. The normalized spacial score (nSPS) is 11.4. The van der Waals surface area contributed by atoms with E-state index in [-0.39, 0.29) is 17.4 Å². The van der Waals surface area contributed by atoms with Crippen LogP contribution in [0.25, 0.3) is 0 Å². The van der Waals surface area contributed by atoms with Crippen molar-refractivity contribution in [1.29, 1.82) is 0 Å². The maximum atomic E-state index is 13.4. The third-order valence-electron chi connectivity index (χ3n) is 3.01. The molecule has 0 heterocycles. The van der Waals surface area contributed by atoms with Crippen molar-refractivity contribution < 1.29 is 17.6 Å². The summed E-state index contributed by atoms with van der Waals surface area (Å²) in [5.41, 5.74) is 0.989. The van der Waals surface area contributed by atoms with Crippen LogP contribution in [-0.2, 0) is 21.4 Å². The molecule has 0 unspecified atom stereocenters. The van der Waals surface area contributed by atoms with Crippen molar-refractivity contribution in [2.24, 2.45) is 5.92 Å². The SMILES string of the molecule is CC(C)=C(F)C(=O)NCc1ccc(S(=O)(=O)NCC(C)C)cc1. The van der Waals surface area contributed by atoms with Gasteiger partial charge in [0.15, 0.2) is 5.83 Å². The Hall–Kier alpha value is -1.73. The fraction of sp³-hybridized carbons (Fsp3) is 0.438. The lowest BCUT2D eigenvalue weighted by Crippen LogP contribution is -2.27. The van der Waals surface area contributed by atoms with Crippen molar-refractivity contribution in [3.8, 4) is 0 Å². The molecule has 1 aromatic carbocycles. The fourth-order valence-electron chi connectivity index (χ4n) is 1.63. The molecule has 5 nitrogen and oxygen atoms in total. The monoisotopic (exact) mass is 342 g/mol. The maximum Gasteiger partial charge on any atom is 0.280 e. The molecule has 0 aliphatic heterocycles. The Morgan fingerprint density at radius 2 is 1.74 bits per heavy atom. The van der Waals surface area contributed by atoms with Gasteiger partial charge >= 0.3 is 0 Å². The quantitative estimate of drug-likeness (QED) is 0.748. The molecular weight excluding hydrogens is 319 g/mol. The summed E-state index contributed by atoms with van der Waals surface area (Å²) in [5.74, 6) is -1.37. The first kappa shape index (κ1) is 19.3. The van der Waals surface area contributed by atoms with E-state index in [0.717, 1.165) is 0 Å². The molecule has 1 aromatic rings. The lowest BCUT2D eigenvalue weighted by Gasteiger charge is -2.10. The number of allylic oxidation sites excluding steroid dienone is 1. The Kier molecular flexibility index (Phi) is 6.90. The van der Waals surface area contributed by atoms with Crippen LogP contribution in [0.15, 0.2) is 40.6 Å². The van der Waals surface area contributed by atoms with Crippen molar-refractivity contribution in [2.45, 2.75) is 39.1 Å². The molecule has 0 bridgehead atoms. The van der Waals surface area contributed by atoms with Crippen LogP contribution in [0, 0.1) is 5.92 Å². The molecule has 7 heteroatoms. The molecule has 0 atom stereocenters. The van der Waals surface area contributed by atoms with Gasteiger partial charge in [0, 0.05) is 13.1 Å². The van der Waals surface area contributed by atoms with E-state index in [4.69, 9.17) is 0 Å². The number of amides is 1. The zero-order valence-corrected chi connectivity index (χ0v) is 14.6. The van der Waals surface area contributed by atoms with Crippen molar-refractivity contribution in [1.82, 2.24) is 10.0 Å². The standard InChI is InChI=1S/C16H23FN2O3S/c1-11(2)9-19-23(21,22)14-7-5-13(6-8-14)10-18-16(20)15(17)12(3)4/h5-8,11,19H,9-10H2,1-4H3,(H,18,20). The van der Waals surface area contributed by atoms with Crippen molar-refractivity contribution >= 4 is 15.9 Å². The molecule has 1 amide bonds. The highest BCUT2D eigenvalue weighted by Gasteiger charge is 2.14. The van der Waals surface area contributed by atoms with Crippen LogP contribution in [0.3, 0.4) is 0 Å². The Morgan fingerprint density at radius 1 is 1.17 bits per heavy atom. The number of benzene rings is 1. The molecule has 0 spiro atoms. The Labute approximate surface area is 137 Å². The highest BCUT2D eigenvalue weighted by Crippen LogP contribution is 2.11. The summed E-state index contributed by atoms with van der Waals surface area (Å²) >= 11 is 0. The summed E-state index contributed by atoms with van der Waals surface area (Å²) in [6, 6.07) is 6.10. The largest absolute Gasteiger partial charge is 0.346 e. The Balaban J connectivity index is 2.70. The topological polar surface area (TPSA) is 75.3 Å². The average molecular weight is 342 g/mol. The molecule has 0 fully saturated rings. The zero-order valence-electron chi connectivity index (χ0n) is 13.8. The van der Waals surface area contributed by atoms with Crippen LogP contribution >= 0.6 is 0 Å². The molecule has 23 heavy (non-hydrogen) atoms. The minimum absolute atomic E-state index is 0.124. The lowest BCUT2D eigenvalue weighted by atomic mass is 10.2. The number of carbonyl (C=O) groups is 1. The summed E-state index contributed by atoms with van der Waals surface area (Å²) in [7, 11) is -3.53. The van der Waals surface area contributed by atoms with Gasteiger partial charge in [-0.05, 0) is 43.0 Å². The number of nitrogens with one attached hydrogen (secondary N) is 2. The number of rotatable bonds is 7.